The van der Waals surface area contributed by atoms with Crippen molar-refractivity contribution in [2.24, 2.45) is 0 Å². The van der Waals surface area contributed by atoms with Crippen molar-refractivity contribution in [3.63, 3.8) is 0 Å². The van der Waals surface area contributed by atoms with Crippen molar-refractivity contribution in [3.05, 3.63) is 53.6 Å². The molecule has 1 aliphatic heterocycles. The third kappa shape index (κ3) is 3.61. The number of hydrogen-bond acceptors (Lipinski definition) is 8. The van der Waals surface area contributed by atoms with E-state index in [9.17, 15) is 12.8 Å². The molecule has 0 bridgehead atoms. The second-order valence-electron chi connectivity index (χ2n) is 7.30. The number of halogens is 1. The highest BCUT2D eigenvalue weighted by atomic mass is 32.2. The topological polar surface area (TPSA) is 118 Å². The number of anilines is 1. The maximum absolute atomic E-state index is 13.3. The summed E-state index contributed by atoms with van der Waals surface area (Å²) in [5.74, 6) is 0.246. The van der Waals surface area contributed by atoms with Crippen LogP contribution in [0, 0.1) is 5.82 Å². The third-order valence-electron chi connectivity index (χ3n) is 5.33. The fourth-order valence-corrected chi connectivity index (χ4v) is 5.25. The van der Waals surface area contributed by atoms with Crippen LogP contribution in [-0.4, -0.2) is 44.2 Å². The van der Waals surface area contributed by atoms with E-state index < -0.39 is 15.8 Å². The zero-order valence-corrected chi connectivity index (χ0v) is 18.5. The Morgan fingerprint density at radius 1 is 1.24 bits per heavy atom. The van der Waals surface area contributed by atoms with Crippen LogP contribution in [0.4, 0.5) is 10.2 Å². The average molecular weight is 474 g/mol. The summed E-state index contributed by atoms with van der Waals surface area (Å²) < 4.78 is 65.5. The number of benzene rings is 2. The van der Waals surface area contributed by atoms with Crippen molar-refractivity contribution in [2.75, 3.05) is 25.5 Å². The zero-order chi connectivity index (χ0) is 23.2. The molecule has 0 spiro atoms. The molecule has 12 heteroatoms. The van der Waals surface area contributed by atoms with Crippen LogP contribution in [0.1, 0.15) is 11.1 Å². The van der Waals surface area contributed by atoms with Gasteiger partial charge in [0, 0.05) is 12.0 Å². The Bertz CT molecular complexity index is 1440. The van der Waals surface area contributed by atoms with Crippen molar-refractivity contribution in [1.29, 1.82) is 0 Å². The van der Waals surface area contributed by atoms with Crippen LogP contribution in [-0.2, 0) is 23.0 Å². The van der Waals surface area contributed by atoms with Gasteiger partial charge in [-0.2, -0.15) is 5.10 Å². The number of sulfonamides is 1. The molecule has 4 aromatic rings. The molecule has 33 heavy (non-hydrogen) atoms. The van der Waals surface area contributed by atoms with E-state index >= 15 is 0 Å². The van der Waals surface area contributed by atoms with E-state index in [0.717, 1.165) is 17.3 Å². The lowest BCUT2D eigenvalue weighted by Crippen LogP contribution is -2.15. The Labute approximate surface area is 187 Å². The minimum Gasteiger partial charge on any atom is -0.495 e. The summed E-state index contributed by atoms with van der Waals surface area (Å²) in [4.78, 5) is -0.166. The van der Waals surface area contributed by atoms with Gasteiger partial charge >= 0.3 is 0 Å². The summed E-state index contributed by atoms with van der Waals surface area (Å²) in [6.07, 6.45) is 3.01. The number of ether oxygens (including phenoxy) is 3. The number of aromatic nitrogens is 3. The van der Waals surface area contributed by atoms with Gasteiger partial charge in [-0.25, -0.2) is 12.8 Å². The van der Waals surface area contributed by atoms with Gasteiger partial charge in [-0.05, 0) is 23.8 Å². The summed E-state index contributed by atoms with van der Waals surface area (Å²) in [5, 5.41) is 8.31. The van der Waals surface area contributed by atoms with E-state index in [4.69, 9.17) is 18.7 Å². The molecule has 1 aliphatic rings. The molecule has 3 heterocycles. The molecule has 0 saturated carbocycles. The predicted molar refractivity (Wildman–Crippen MR) is 115 cm³/mol. The van der Waals surface area contributed by atoms with Gasteiger partial charge in [0.05, 0.1) is 39.8 Å². The van der Waals surface area contributed by atoms with Crippen LogP contribution in [0.15, 0.2) is 46.1 Å². The predicted octanol–water partition coefficient (Wildman–Crippen LogP) is 2.96. The molecule has 0 fully saturated rings. The second-order valence-corrected chi connectivity index (χ2v) is 8.92. The molecule has 2 aromatic carbocycles. The molecule has 0 aliphatic carbocycles. The van der Waals surface area contributed by atoms with Gasteiger partial charge in [-0.15, -0.1) is 0 Å². The number of hydrogen-bond donors (Lipinski definition) is 1. The van der Waals surface area contributed by atoms with Crippen molar-refractivity contribution in [1.82, 2.24) is 14.9 Å². The number of fused-ring (bicyclic) bond motifs is 3. The Morgan fingerprint density at radius 3 is 2.67 bits per heavy atom. The summed E-state index contributed by atoms with van der Waals surface area (Å²) in [6, 6.07) is 6.39. The zero-order valence-electron chi connectivity index (χ0n) is 17.7. The SMILES string of the molecule is COc1cccc(OC)c1S(=O)(=O)Nc1noc2cc(Cn3cc(F)cn3)c3c(c12)OCC3. The van der Waals surface area contributed by atoms with Gasteiger partial charge in [-0.3, -0.25) is 9.40 Å². The van der Waals surface area contributed by atoms with Crippen molar-refractivity contribution in [3.8, 4) is 17.2 Å². The molecule has 0 atom stereocenters. The average Bonchev–Trinajstić information content (AvgIpc) is 3.53. The lowest BCUT2D eigenvalue weighted by Gasteiger charge is -2.14. The van der Waals surface area contributed by atoms with Crippen LogP contribution in [0.3, 0.4) is 0 Å². The molecule has 0 radical (unpaired) electrons. The minimum absolute atomic E-state index is 0.0206. The molecule has 10 nitrogen and oxygen atoms in total. The summed E-state index contributed by atoms with van der Waals surface area (Å²) in [6.45, 7) is 0.707. The first-order valence-electron chi connectivity index (χ1n) is 9.90. The molecule has 0 saturated heterocycles. The Balaban J connectivity index is 1.58. The van der Waals surface area contributed by atoms with E-state index in [1.807, 2.05) is 0 Å². The van der Waals surface area contributed by atoms with Gasteiger partial charge in [0.2, 0.25) is 0 Å². The molecule has 1 N–H and O–H groups in total. The lowest BCUT2D eigenvalue weighted by molar-refractivity contribution is 0.360. The Morgan fingerprint density at radius 2 is 2.00 bits per heavy atom. The van der Waals surface area contributed by atoms with Crippen LogP contribution < -0.4 is 18.9 Å². The maximum Gasteiger partial charge on any atom is 0.270 e. The smallest absolute Gasteiger partial charge is 0.270 e. The lowest BCUT2D eigenvalue weighted by atomic mass is 10.0. The van der Waals surface area contributed by atoms with Crippen LogP contribution in [0.2, 0.25) is 0 Å². The highest BCUT2D eigenvalue weighted by molar-refractivity contribution is 7.93. The molecule has 2 aromatic heterocycles. The van der Waals surface area contributed by atoms with Gasteiger partial charge < -0.3 is 18.7 Å². The van der Waals surface area contributed by atoms with Gasteiger partial charge in [0.25, 0.3) is 10.0 Å². The quantitative estimate of drug-likeness (QED) is 0.434. The highest BCUT2D eigenvalue weighted by Crippen LogP contribution is 2.42. The number of nitrogens with one attached hydrogen (secondary N) is 1. The van der Waals surface area contributed by atoms with Crippen LogP contribution in [0.5, 0.6) is 17.2 Å². The fraction of sp³-hybridized carbons (Fsp3) is 0.238. The normalized spacial score (nSPS) is 13.1. The van der Waals surface area contributed by atoms with Gasteiger partial charge in [0.1, 0.15) is 22.6 Å². The van der Waals surface area contributed by atoms with E-state index in [1.54, 1.807) is 12.1 Å². The molecule has 172 valence electrons. The first kappa shape index (κ1) is 21.1. The number of rotatable bonds is 7. The van der Waals surface area contributed by atoms with Crippen molar-refractivity contribution in [2.45, 2.75) is 17.9 Å². The minimum atomic E-state index is -4.17. The van der Waals surface area contributed by atoms with Crippen LogP contribution in [0.25, 0.3) is 11.0 Å². The van der Waals surface area contributed by atoms with E-state index in [-0.39, 0.29) is 22.2 Å². The van der Waals surface area contributed by atoms with Gasteiger partial charge in [0.15, 0.2) is 22.1 Å². The van der Waals surface area contributed by atoms with Gasteiger partial charge in [-0.1, -0.05) is 11.2 Å². The van der Waals surface area contributed by atoms with E-state index in [2.05, 4.69) is 15.0 Å². The molecule has 0 unspecified atom stereocenters. The standard InChI is InChI=1S/C21H19FN4O6S/c1-29-15-4-3-5-16(30-2)20(15)33(27,28)25-21-18-17(32-24-21)8-12(14-6-7-31-19(14)18)10-26-11-13(22)9-23-26/h3-5,8-9,11H,6-7,10H2,1-2H3,(H,24,25). The first-order chi connectivity index (χ1) is 15.9. The Hall–Kier alpha value is -3.80. The van der Waals surface area contributed by atoms with Crippen molar-refractivity contribution >= 4 is 26.8 Å². The van der Waals surface area contributed by atoms with Crippen LogP contribution >= 0.6 is 0 Å². The summed E-state index contributed by atoms with van der Waals surface area (Å²) in [7, 11) is -1.43. The fourth-order valence-electron chi connectivity index (χ4n) is 3.92. The largest absolute Gasteiger partial charge is 0.495 e. The molecular weight excluding hydrogens is 455 g/mol. The number of nitrogens with zero attached hydrogens (tertiary/aromatic N) is 3. The Kier molecular flexibility index (Phi) is 5.08. The molecule has 5 rings (SSSR count). The summed E-state index contributed by atoms with van der Waals surface area (Å²) >= 11 is 0. The van der Waals surface area contributed by atoms with E-state index in [1.165, 1.54) is 37.2 Å². The highest BCUT2D eigenvalue weighted by Gasteiger charge is 2.30. The molecular formula is C21H19FN4O6S. The number of methoxy groups -OCH3 is 2. The maximum atomic E-state index is 13.3. The third-order valence-corrected chi connectivity index (χ3v) is 6.73. The van der Waals surface area contributed by atoms with Crippen molar-refractivity contribution < 1.29 is 31.5 Å². The first-order valence-corrected chi connectivity index (χ1v) is 11.4. The molecule has 0 amide bonds. The monoisotopic (exact) mass is 474 g/mol. The second kappa shape index (κ2) is 7.96. The summed E-state index contributed by atoms with van der Waals surface area (Å²) in [5.41, 5.74) is 2.00. The van der Waals surface area contributed by atoms with E-state index in [0.29, 0.717) is 36.3 Å².